The van der Waals surface area contributed by atoms with Crippen molar-refractivity contribution in [2.45, 2.75) is 32.9 Å². The number of phenolic OH excluding ortho intramolecular Hbond substituents is 1. The van der Waals surface area contributed by atoms with Crippen molar-refractivity contribution in [1.29, 1.82) is 0 Å². The van der Waals surface area contributed by atoms with Crippen molar-refractivity contribution >= 4 is 46.3 Å². The van der Waals surface area contributed by atoms with E-state index in [9.17, 15) is 19.8 Å². The molecule has 3 aromatic rings. The molecule has 1 saturated heterocycles. The van der Waals surface area contributed by atoms with Gasteiger partial charge in [0, 0.05) is 21.3 Å². The van der Waals surface area contributed by atoms with Crippen LogP contribution in [0.3, 0.4) is 0 Å². The Balaban J connectivity index is 1.91. The maximum absolute atomic E-state index is 13.3. The molecule has 35 heavy (non-hydrogen) atoms. The maximum atomic E-state index is 13.3. The van der Waals surface area contributed by atoms with E-state index >= 15 is 0 Å². The zero-order valence-electron chi connectivity index (χ0n) is 19.3. The van der Waals surface area contributed by atoms with E-state index in [0.717, 1.165) is 5.56 Å². The molecule has 0 spiro atoms. The van der Waals surface area contributed by atoms with Gasteiger partial charge in [0.15, 0.2) is 0 Å². The first-order valence-corrected chi connectivity index (χ1v) is 11.7. The molecule has 4 rings (SSSR count). The number of hydrogen-bond acceptors (Lipinski definition) is 5. The predicted molar refractivity (Wildman–Crippen MR) is 136 cm³/mol. The molecule has 6 nitrogen and oxygen atoms in total. The number of phenols is 1. The van der Waals surface area contributed by atoms with Crippen molar-refractivity contribution in [3.63, 3.8) is 0 Å². The van der Waals surface area contributed by atoms with Crippen LogP contribution in [0.1, 0.15) is 36.6 Å². The van der Waals surface area contributed by atoms with Crippen molar-refractivity contribution in [3.8, 4) is 11.5 Å². The van der Waals surface area contributed by atoms with E-state index in [0.29, 0.717) is 22.6 Å². The molecule has 1 amide bonds. The normalized spacial score (nSPS) is 17.3. The number of ketones is 1. The number of nitrogens with zero attached hydrogens (tertiary/aromatic N) is 1. The number of carbonyl (C=O) groups excluding carboxylic acids is 2. The second-order valence-electron chi connectivity index (χ2n) is 8.54. The summed E-state index contributed by atoms with van der Waals surface area (Å²) in [6, 6.07) is 14.7. The van der Waals surface area contributed by atoms with Gasteiger partial charge in [0.1, 0.15) is 17.3 Å². The van der Waals surface area contributed by atoms with Gasteiger partial charge in [-0.25, -0.2) is 0 Å². The number of benzene rings is 3. The molecular formula is C27H23Cl2NO5. The van der Waals surface area contributed by atoms with Crippen molar-refractivity contribution in [1.82, 2.24) is 0 Å². The molecule has 1 atom stereocenters. The average molecular weight is 512 g/mol. The Kier molecular flexibility index (Phi) is 6.79. The maximum Gasteiger partial charge on any atom is 0.300 e. The lowest BCUT2D eigenvalue weighted by molar-refractivity contribution is -0.132. The zero-order valence-corrected chi connectivity index (χ0v) is 20.8. The Labute approximate surface area is 213 Å². The van der Waals surface area contributed by atoms with Gasteiger partial charge >= 0.3 is 0 Å². The minimum atomic E-state index is -0.975. The summed E-state index contributed by atoms with van der Waals surface area (Å²) < 4.78 is 5.77. The number of ether oxygens (including phenoxy) is 1. The number of rotatable bonds is 5. The molecule has 0 aliphatic carbocycles. The Morgan fingerprint density at radius 3 is 2.17 bits per heavy atom. The molecule has 2 N–H and O–H groups in total. The Hall–Kier alpha value is -3.48. The number of anilines is 1. The third kappa shape index (κ3) is 4.85. The van der Waals surface area contributed by atoms with Gasteiger partial charge in [-0.1, -0.05) is 35.3 Å². The fraction of sp³-hybridized carbons (Fsp3) is 0.185. The van der Waals surface area contributed by atoms with Crippen LogP contribution in [0.4, 0.5) is 5.69 Å². The lowest BCUT2D eigenvalue weighted by Crippen LogP contribution is -2.29. The van der Waals surface area contributed by atoms with Crippen molar-refractivity contribution in [2.24, 2.45) is 0 Å². The highest BCUT2D eigenvalue weighted by molar-refractivity contribution is 6.52. The van der Waals surface area contributed by atoms with Crippen LogP contribution in [-0.2, 0) is 9.59 Å². The molecule has 1 fully saturated rings. The fourth-order valence-corrected chi connectivity index (χ4v) is 4.60. The molecule has 0 radical (unpaired) electrons. The Morgan fingerprint density at radius 2 is 1.60 bits per heavy atom. The number of aliphatic hydroxyl groups is 1. The average Bonchev–Trinajstić information content (AvgIpc) is 3.05. The van der Waals surface area contributed by atoms with Gasteiger partial charge < -0.3 is 14.9 Å². The van der Waals surface area contributed by atoms with E-state index in [-0.39, 0.29) is 33.2 Å². The molecule has 1 heterocycles. The summed E-state index contributed by atoms with van der Waals surface area (Å²) in [5.74, 6) is -1.33. The first-order valence-electron chi connectivity index (χ1n) is 10.9. The van der Waals surface area contributed by atoms with Crippen LogP contribution >= 0.6 is 23.2 Å². The van der Waals surface area contributed by atoms with Gasteiger partial charge in [-0.05, 0) is 80.4 Å². The smallest absolute Gasteiger partial charge is 0.300 e. The molecule has 0 bridgehead atoms. The molecule has 1 aliphatic rings. The largest absolute Gasteiger partial charge is 0.508 e. The van der Waals surface area contributed by atoms with Crippen LogP contribution in [0, 0.1) is 6.92 Å². The molecule has 3 aromatic carbocycles. The molecule has 1 unspecified atom stereocenters. The number of hydrogen-bond donors (Lipinski definition) is 2. The first kappa shape index (κ1) is 24.6. The Bertz CT molecular complexity index is 1330. The topological polar surface area (TPSA) is 87.1 Å². The lowest BCUT2D eigenvalue weighted by Gasteiger charge is -2.26. The summed E-state index contributed by atoms with van der Waals surface area (Å²) in [5.41, 5.74) is 1.85. The number of halogens is 2. The summed E-state index contributed by atoms with van der Waals surface area (Å²) in [6.07, 6.45) is -0.0301. The number of aliphatic hydroxyl groups excluding tert-OH is 1. The van der Waals surface area contributed by atoms with E-state index in [1.807, 2.05) is 20.8 Å². The van der Waals surface area contributed by atoms with Crippen LogP contribution in [0.15, 0.2) is 66.2 Å². The summed E-state index contributed by atoms with van der Waals surface area (Å²) in [5, 5.41) is 21.7. The third-order valence-electron chi connectivity index (χ3n) is 5.59. The number of amides is 1. The predicted octanol–water partition coefficient (Wildman–Crippen LogP) is 6.42. The zero-order chi connectivity index (χ0) is 25.4. The van der Waals surface area contributed by atoms with Crippen LogP contribution in [0.5, 0.6) is 11.5 Å². The second kappa shape index (κ2) is 9.64. The number of aromatic hydroxyl groups is 1. The van der Waals surface area contributed by atoms with E-state index in [4.69, 9.17) is 27.9 Å². The number of Topliss-reactive ketones (excluding diaryl/α,β-unsaturated/α-hetero) is 1. The Morgan fingerprint density at radius 1 is 0.971 bits per heavy atom. The van der Waals surface area contributed by atoms with Crippen LogP contribution < -0.4 is 9.64 Å². The van der Waals surface area contributed by atoms with Crippen LogP contribution in [0.25, 0.3) is 5.76 Å². The fourth-order valence-electron chi connectivity index (χ4n) is 4.09. The third-order valence-corrected chi connectivity index (χ3v) is 6.03. The highest BCUT2D eigenvalue weighted by Gasteiger charge is 2.47. The number of aryl methyl sites for hydroxylation is 1. The second-order valence-corrected chi connectivity index (χ2v) is 9.41. The lowest BCUT2D eigenvalue weighted by atomic mass is 9.94. The van der Waals surface area contributed by atoms with E-state index in [1.54, 1.807) is 30.3 Å². The molecule has 180 valence electrons. The molecule has 0 saturated carbocycles. The van der Waals surface area contributed by atoms with Crippen molar-refractivity contribution < 1.29 is 24.5 Å². The number of carbonyl (C=O) groups is 2. The van der Waals surface area contributed by atoms with Gasteiger partial charge in [0.05, 0.1) is 17.7 Å². The molecule has 0 aromatic heterocycles. The van der Waals surface area contributed by atoms with Gasteiger partial charge in [-0.2, -0.15) is 0 Å². The minimum Gasteiger partial charge on any atom is -0.508 e. The van der Waals surface area contributed by atoms with Crippen molar-refractivity contribution in [2.75, 3.05) is 4.90 Å². The first-order chi connectivity index (χ1) is 16.6. The van der Waals surface area contributed by atoms with Crippen LogP contribution in [-0.4, -0.2) is 28.0 Å². The van der Waals surface area contributed by atoms with Gasteiger partial charge in [-0.15, -0.1) is 0 Å². The van der Waals surface area contributed by atoms with Gasteiger partial charge in [0.2, 0.25) is 0 Å². The summed E-state index contributed by atoms with van der Waals surface area (Å²) in [7, 11) is 0. The van der Waals surface area contributed by atoms with E-state index in [2.05, 4.69) is 0 Å². The van der Waals surface area contributed by atoms with E-state index < -0.39 is 17.7 Å². The summed E-state index contributed by atoms with van der Waals surface area (Å²) in [6.45, 7) is 5.65. The van der Waals surface area contributed by atoms with Crippen molar-refractivity contribution in [3.05, 3.63) is 93.0 Å². The van der Waals surface area contributed by atoms with E-state index in [1.165, 1.54) is 35.2 Å². The standard InChI is InChI=1S/C27H23Cl2NO5/c1-14(2)35-22-9-6-17(10-15(22)3)25(32)23-24(16-4-7-21(31)8-5-16)30(27(34)26(23)33)20-12-18(28)11-19(29)13-20/h4-14,24,31-32H,1-3H3/b25-23+. The highest BCUT2D eigenvalue weighted by atomic mass is 35.5. The summed E-state index contributed by atoms with van der Waals surface area (Å²) in [4.78, 5) is 27.8. The molecular weight excluding hydrogens is 489 g/mol. The minimum absolute atomic E-state index is 0.0212. The van der Waals surface area contributed by atoms with Gasteiger partial charge in [0.25, 0.3) is 11.7 Å². The monoisotopic (exact) mass is 511 g/mol. The quantitative estimate of drug-likeness (QED) is 0.234. The highest BCUT2D eigenvalue weighted by Crippen LogP contribution is 2.43. The van der Waals surface area contributed by atoms with Gasteiger partial charge in [-0.3, -0.25) is 14.5 Å². The van der Waals surface area contributed by atoms with Crippen LogP contribution in [0.2, 0.25) is 10.0 Å². The molecule has 1 aliphatic heterocycles. The SMILES string of the molecule is Cc1cc(/C(O)=C2\C(=O)C(=O)N(c3cc(Cl)cc(Cl)c3)C2c2ccc(O)cc2)ccc1OC(C)C. The summed E-state index contributed by atoms with van der Waals surface area (Å²) >= 11 is 12.4. The molecule has 8 heteroatoms.